The van der Waals surface area contributed by atoms with Gasteiger partial charge in [0.2, 0.25) is 5.76 Å². The van der Waals surface area contributed by atoms with Crippen LogP contribution >= 0.6 is 0 Å². The first-order chi connectivity index (χ1) is 8.72. The Morgan fingerprint density at radius 2 is 2.28 bits per heavy atom. The molecule has 18 heavy (non-hydrogen) atoms. The van der Waals surface area contributed by atoms with E-state index in [1.54, 1.807) is 6.07 Å². The highest BCUT2D eigenvalue weighted by Crippen LogP contribution is 2.16. The van der Waals surface area contributed by atoms with Gasteiger partial charge in [-0.2, -0.15) is 0 Å². The molecular formula is C13H21N3O2. The maximum Gasteiger partial charge on any atom is 0.292 e. The van der Waals surface area contributed by atoms with Gasteiger partial charge in [-0.05, 0) is 39.3 Å². The molecule has 1 aromatic rings. The van der Waals surface area contributed by atoms with Crippen molar-refractivity contribution in [3.8, 4) is 0 Å². The molecule has 100 valence electrons. The lowest BCUT2D eigenvalue weighted by Crippen LogP contribution is -2.46. The summed E-state index contributed by atoms with van der Waals surface area (Å²) in [4.78, 5) is 14.4. The SMILES string of the molecule is CCCN(C(=O)c1cc(C)no1)C1CCNCC1. The van der Waals surface area contributed by atoms with Gasteiger partial charge in [-0.15, -0.1) is 0 Å². The van der Waals surface area contributed by atoms with Crippen molar-refractivity contribution in [3.05, 3.63) is 17.5 Å². The van der Waals surface area contributed by atoms with Gasteiger partial charge in [0.25, 0.3) is 5.91 Å². The number of carbonyl (C=O) groups excluding carboxylic acids is 1. The number of hydrogen-bond acceptors (Lipinski definition) is 4. The van der Waals surface area contributed by atoms with Gasteiger partial charge < -0.3 is 14.7 Å². The van der Waals surface area contributed by atoms with Crippen molar-refractivity contribution in [1.82, 2.24) is 15.4 Å². The average Bonchev–Trinajstić information content (AvgIpc) is 2.83. The molecule has 2 rings (SSSR count). The van der Waals surface area contributed by atoms with Crippen molar-refractivity contribution in [1.29, 1.82) is 0 Å². The summed E-state index contributed by atoms with van der Waals surface area (Å²) in [6.07, 6.45) is 2.99. The van der Waals surface area contributed by atoms with Crippen LogP contribution in [0.5, 0.6) is 0 Å². The second kappa shape index (κ2) is 6.00. The standard InChI is InChI=1S/C13H21N3O2/c1-3-8-16(11-4-6-14-7-5-11)13(17)12-9-10(2)15-18-12/h9,11,14H,3-8H2,1-2H3. The molecule has 5 nitrogen and oxygen atoms in total. The molecule has 2 heterocycles. The molecule has 5 heteroatoms. The summed E-state index contributed by atoms with van der Waals surface area (Å²) in [5.41, 5.74) is 0.750. The molecule has 0 unspecified atom stereocenters. The van der Waals surface area contributed by atoms with E-state index in [9.17, 15) is 4.79 Å². The van der Waals surface area contributed by atoms with Gasteiger partial charge in [0, 0.05) is 18.7 Å². The zero-order valence-corrected chi connectivity index (χ0v) is 11.1. The Morgan fingerprint density at radius 3 is 2.83 bits per heavy atom. The fraction of sp³-hybridized carbons (Fsp3) is 0.692. The van der Waals surface area contributed by atoms with Crippen LogP contribution in [-0.2, 0) is 0 Å². The van der Waals surface area contributed by atoms with E-state index in [0.717, 1.165) is 44.6 Å². The summed E-state index contributed by atoms with van der Waals surface area (Å²) >= 11 is 0. The highest BCUT2D eigenvalue weighted by molar-refractivity contribution is 5.91. The van der Waals surface area contributed by atoms with E-state index in [0.29, 0.717) is 11.8 Å². The number of hydrogen-bond donors (Lipinski definition) is 1. The van der Waals surface area contributed by atoms with Crippen LogP contribution in [-0.4, -0.2) is 41.6 Å². The first-order valence-electron chi connectivity index (χ1n) is 6.67. The number of nitrogens with one attached hydrogen (secondary N) is 1. The van der Waals surface area contributed by atoms with E-state index in [2.05, 4.69) is 17.4 Å². The van der Waals surface area contributed by atoms with Crippen LogP contribution in [0.1, 0.15) is 42.4 Å². The van der Waals surface area contributed by atoms with E-state index < -0.39 is 0 Å². The zero-order valence-electron chi connectivity index (χ0n) is 11.1. The largest absolute Gasteiger partial charge is 0.351 e. The summed E-state index contributed by atoms with van der Waals surface area (Å²) in [5.74, 6) is 0.337. The third-order valence-corrected chi connectivity index (χ3v) is 3.31. The molecular weight excluding hydrogens is 230 g/mol. The normalized spacial score (nSPS) is 16.8. The van der Waals surface area contributed by atoms with Crippen LogP contribution in [0.3, 0.4) is 0 Å². The maximum absolute atomic E-state index is 12.4. The van der Waals surface area contributed by atoms with Crippen molar-refractivity contribution in [2.75, 3.05) is 19.6 Å². The molecule has 1 saturated heterocycles. The summed E-state index contributed by atoms with van der Waals surface area (Å²) in [7, 11) is 0. The number of aryl methyl sites for hydroxylation is 1. The molecule has 0 bridgehead atoms. The number of rotatable bonds is 4. The Balaban J connectivity index is 2.10. The van der Waals surface area contributed by atoms with Crippen LogP contribution in [0.15, 0.2) is 10.6 Å². The number of carbonyl (C=O) groups is 1. The second-order valence-corrected chi connectivity index (χ2v) is 4.81. The minimum atomic E-state index is -0.0237. The molecule has 0 aliphatic carbocycles. The van der Waals surface area contributed by atoms with Crippen LogP contribution in [0, 0.1) is 6.92 Å². The topological polar surface area (TPSA) is 58.4 Å². The van der Waals surface area contributed by atoms with Gasteiger partial charge >= 0.3 is 0 Å². The quantitative estimate of drug-likeness (QED) is 0.882. The van der Waals surface area contributed by atoms with E-state index in [4.69, 9.17) is 4.52 Å². The average molecular weight is 251 g/mol. The van der Waals surface area contributed by atoms with Crippen LogP contribution in [0.2, 0.25) is 0 Å². The number of piperidine rings is 1. The van der Waals surface area contributed by atoms with Crippen molar-refractivity contribution >= 4 is 5.91 Å². The Labute approximate surface area is 108 Å². The minimum Gasteiger partial charge on any atom is -0.351 e. The number of amides is 1. The fourth-order valence-corrected chi connectivity index (χ4v) is 2.42. The van der Waals surface area contributed by atoms with Crippen LogP contribution in [0.4, 0.5) is 0 Å². The predicted octanol–water partition coefficient (Wildman–Crippen LogP) is 1.59. The Hall–Kier alpha value is -1.36. The molecule has 1 aliphatic heterocycles. The Bertz CT molecular complexity index is 397. The Kier molecular flexibility index (Phi) is 4.36. The zero-order chi connectivity index (χ0) is 13.0. The molecule has 0 radical (unpaired) electrons. The van der Waals surface area contributed by atoms with E-state index >= 15 is 0 Å². The smallest absolute Gasteiger partial charge is 0.292 e. The second-order valence-electron chi connectivity index (χ2n) is 4.81. The molecule has 0 atom stereocenters. The molecule has 0 aromatic carbocycles. The van der Waals surface area contributed by atoms with Gasteiger partial charge in [0.05, 0.1) is 5.69 Å². The van der Waals surface area contributed by atoms with E-state index in [1.807, 2.05) is 11.8 Å². The molecule has 0 saturated carbocycles. The highest BCUT2D eigenvalue weighted by Gasteiger charge is 2.27. The van der Waals surface area contributed by atoms with Crippen LogP contribution in [0.25, 0.3) is 0 Å². The van der Waals surface area contributed by atoms with Gasteiger partial charge in [0.1, 0.15) is 0 Å². The van der Waals surface area contributed by atoms with Gasteiger partial charge in [-0.3, -0.25) is 4.79 Å². The molecule has 1 aromatic heterocycles. The third-order valence-electron chi connectivity index (χ3n) is 3.31. The van der Waals surface area contributed by atoms with Crippen molar-refractivity contribution < 1.29 is 9.32 Å². The molecule has 1 fully saturated rings. The highest BCUT2D eigenvalue weighted by atomic mass is 16.5. The number of aromatic nitrogens is 1. The lowest BCUT2D eigenvalue weighted by Gasteiger charge is -2.33. The fourth-order valence-electron chi connectivity index (χ4n) is 2.42. The summed E-state index contributed by atoms with van der Waals surface area (Å²) in [6, 6.07) is 2.04. The predicted molar refractivity (Wildman–Crippen MR) is 68.5 cm³/mol. The van der Waals surface area contributed by atoms with Crippen molar-refractivity contribution in [2.24, 2.45) is 0 Å². The van der Waals surface area contributed by atoms with Gasteiger partial charge in [-0.25, -0.2) is 0 Å². The first-order valence-corrected chi connectivity index (χ1v) is 6.67. The molecule has 0 spiro atoms. The van der Waals surface area contributed by atoms with E-state index in [-0.39, 0.29) is 5.91 Å². The third kappa shape index (κ3) is 2.90. The molecule has 1 amide bonds. The summed E-state index contributed by atoms with van der Waals surface area (Å²) in [6.45, 7) is 6.66. The van der Waals surface area contributed by atoms with E-state index in [1.165, 1.54) is 0 Å². The van der Waals surface area contributed by atoms with Gasteiger partial charge in [0.15, 0.2) is 0 Å². The minimum absolute atomic E-state index is 0.0237. The van der Waals surface area contributed by atoms with Crippen LogP contribution < -0.4 is 5.32 Å². The first kappa shape index (κ1) is 13.1. The maximum atomic E-state index is 12.4. The molecule has 1 aliphatic rings. The summed E-state index contributed by atoms with van der Waals surface area (Å²) < 4.78 is 5.09. The van der Waals surface area contributed by atoms with Crippen molar-refractivity contribution in [2.45, 2.75) is 39.2 Å². The monoisotopic (exact) mass is 251 g/mol. The van der Waals surface area contributed by atoms with Crippen molar-refractivity contribution in [3.63, 3.8) is 0 Å². The Morgan fingerprint density at radius 1 is 1.56 bits per heavy atom. The number of nitrogens with zero attached hydrogens (tertiary/aromatic N) is 2. The lowest BCUT2D eigenvalue weighted by atomic mass is 10.0. The summed E-state index contributed by atoms with van der Waals surface area (Å²) in [5, 5.41) is 7.11. The molecule has 1 N–H and O–H groups in total. The van der Waals surface area contributed by atoms with Gasteiger partial charge in [-0.1, -0.05) is 12.1 Å². The lowest BCUT2D eigenvalue weighted by molar-refractivity contribution is 0.0600.